The van der Waals surface area contributed by atoms with Crippen LogP contribution in [0.1, 0.15) is 42.4 Å². The van der Waals surface area contributed by atoms with Crippen molar-refractivity contribution in [3.05, 3.63) is 34.9 Å². The Balaban J connectivity index is 1.86. The molecule has 1 saturated heterocycles. The number of carbonyl (C=O) groups excluding carboxylic acids is 3. The molecule has 1 fully saturated rings. The molecule has 116 valence electrons. The Morgan fingerprint density at radius 1 is 1.09 bits per heavy atom. The van der Waals surface area contributed by atoms with E-state index in [1.165, 1.54) is 0 Å². The van der Waals surface area contributed by atoms with Crippen LogP contribution in [0.2, 0.25) is 0 Å². The lowest BCUT2D eigenvalue weighted by atomic mass is 10.0. The van der Waals surface area contributed by atoms with E-state index in [2.05, 4.69) is 11.8 Å². The predicted molar refractivity (Wildman–Crippen MR) is 82.4 cm³/mol. The maximum atomic E-state index is 11.7. The lowest BCUT2D eigenvalue weighted by molar-refractivity contribution is -0.197. The van der Waals surface area contributed by atoms with E-state index in [9.17, 15) is 14.4 Å². The minimum Gasteiger partial charge on any atom is -0.330 e. The lowest BCUT2D eigenvalue weighted by Crippen LogP contribution is -2.31. The van der Waals surface area contributed by atoms with Crippen LogP contribution in [-0.4, -0.2) is 22.8 Å². The molecule has 2 amide bonds. The van der Waals surface area contributed by atoms with Crippen LogP contribution in [0.4, 0.5) is 0 Å². The topological polar surface area (TPSA) is 63.7 Å². The number of rotatable bonds is 5. The highest BCUT2D eigenvalue weighted by atomic mass is 16.7. The van der Waals surface area contributed by atoms with Gasteiger partial charge in [-0.2, -0.15) is 0 Å². The molecule has 1 aromatic carbocycles. The molecule has 0 N–H and O–H groups in total. The molecule has 0 unspecified atom stereocenters. The Bertz CT molecular complexity index is 688. The Morgan fingerprint density at radius 2 is 1.65 bits per heavy atom. The third-order valence-corrected chi connectivity index (χ3v) is 3.37. The summed E-state index contributed by atoms with van der Waals surface area (Å²) in [4.78, 5) is 39.2. The number of carbonyl (C=O) groups is 3. The van der Waals surface area contributed by atoms with Crippen LogP contribution in [0, 0.1) is 24.7 Å². The molecule has 0 radical (unpaired) electrons. The monoisotopic (exact) mass is 309 g/mol. The van der Waals surface area contributed by atoms with Gasteiger partial charge in [0.2, 0.25) is 0 Å². The summed E-state index contributed by atoms with van der Waals surface area (Å²) >= 11 is 0. The van der Waals surface area contributed by atoms with Crippen LogP contribution >= 0.6 is 0 Å². The molecule has 0 saturated carbocycles. The summed E-state index contributed by atoms with van der Waals surface area (Å²) in [7, 11) is 0. The van der Waals surface area contributed by atoms with Gasteiger partial charge in [0.1, 0.15) is 0 Å². The Kier molecular flexibility index (Phi) is 5.17. The van der Waals surface area contributed by atoms with Gasteiger partial charge in [0.25, 0.3) is 11.8 Å². The van der Waals surface area contributed by atoms with Crippen molar-refractivity contribution in [2.45, 2.75) is 32.1 Å². The summed E-state index contributed by atoms with van der Waals surface area (Å²) in [5.41, 5.74) is 2.30. The first-order chi connectivity index (χ1) is 11.0. The molecule has 0 aliphatic carbocycles. The van der Waals surface area contributed by atoms with Crippen molar-refractivity contribution in [2.24, 2.45) is 0 Å². The second-order valence-electron chi connectivity index (χ2n) is 5.11. The SMILES string of the molecule is C#Cc1cc(C#C)cc(CCCC(=O)ON2C(=O)CCC2=O)c1. The average Bonchev–Trinajstić information content (AvgIpc) is 2.86. The number of amides is 2. The molecule has 0 atom stereocenters. The Labute approximate surface area is 134 Å². The standard InChI is InChI=1S/C18H15NO4/c1-3-13-10-14(4-2)12-15(11-13)6-5-7-18(22)23-19-16(20)8-9-17(19)21/h1-2,10-12H,5-9H2. The van der Waals surface area contributed by atoms with Gasteiger partial charge in [0.15, 0.2) is 0 Å². The molecular weight excluding hydrogens is 294 g/mol. The van der Waals surface area contributed by atoms with Gasteiger partial charge in [-0.25, -0.2) is 4.79 Å². The first kappa shape index (κ1) is 16.3. The highest BCUT2D eigenvalue weighted by Gasteiger charge is 2.32. The van der Waals surface area contributed by atoms with Gasteiger partial charge in [-0.15, -0.1) is 17.9 Å². The molecule has 0 spiro atoms. The Hall–Kier alpha value is -3.05. The van der Waals surface area contributed by atoms with Crippen LogP contribution in [0.5, 0.6) is 0 Å². The number of hydrogen-bond donors (Lipinski definition) is 0. The van der Waals surface area contributed by atoms with Crippen LogP contribution < -0.4 is 0 Å². The number of imide groups is 1. The second-order valence-corrected chi connectivity index (χ2v) is 5.11. The largest absolute Gasteiger partial charge is 0.333 e. The zero-order valence-corrected chi connectivity index (χ0v) is 12.5. The molecule has 1 heterocycles. The molecule has 5 heteroatoms. The maximum Gasteiger partial charge on any atom is 0.333 e. The summed E-state index contributed by atoms with van der Waals surface area (Å²) in [5, 5.41) is 0.553. The fraction of sp³-hybridized carbons (Fsp3) is 0.278. The van der Waals surface area contributed by atoms with E-state index >= 15 is 0 Å². The smallest absolute Gasteiger partial charge is 0.330 e. The van der Waals surface area contributed by atoms with Crippen molar-refractivity contribution in [3.63, 3.8) is 0 Å². The second kappa shape index (κ2) is 7.29. The molecule has 0 aromatic heterocycles. The molecular formula is C18H15NO4. The van der Waals surface area contributed by atoms with Crippen LogP contribution in [0.15, 0.2) is 18.2 Å². The zero-order valence-electron chi connectivity index (χ0n) is 12.5. The third kappa shape index (κ3) is 4.21. The van der Waals surface area contributed by atoms with Crippen LogP contribution in [0.25, 0.3) is 0 Å². The minimum absolute atomic E-state index is 0.0832. The quantitative estimate of drug-likeness (QED) is 0.612. The summed E-state index contributed by atoms with van der Waals surface area (Å²) in [6, 6.07) is 5.40. The third-order valence-electron chi connectivity index (χ3n) is 3.37. The fourth-order valence-electron chi connectivity index (χ4n) is 2.25. The summed E-state index contributed by atoms with van der Waals surface area (Å²) in [6.07, 6.45) is 12.1. The minimum atomic E-state index is -0.612. The highest BCUT2D eigenvalue weighted by Crippen LogP contribution is 2.15. The number of aryl methyl sites for hydroxylation is 1. The fourth-order valence-corrected chi connectivity index (χ4v) is 2.25. The number of nitrogens with zero attached hydrogens (tertiary/aromatic N) is 1. The molecule has 2 rings (SSSR count). The summed E-state index contributed by atoms with van der Waals surface area (Å²) in [5.74, 6) is 3.48. The lowest BCUT2D eigenvalue weighted by Gasteiger charge is -2.12. The van der Waals surface area contributed by atoms with Crippen molar-refractivity contribution in [1.82, 2.24) is 5.06 Å². The number of benzene rings is 1. The van der Waals surface area contributed by atoms with E-state index in [4.69, 9.17) is 17.7 Å². The zero-order chi connectivity index (χ0) is 16.8. The van der Waals surface area contributed by atoms with Gasteiger partial charge in [0, 0.05) is 30.4 Å². The van der Waals surface area contributed by atoms with Crippen molar-refractivity contribution in [1.29, 1.82) is 0 Å². The normalized spacial score (nSPS) is 13.6. The summed E-state index contributed by atoms with van der Waals surface area (Å²) < 4.78 is 0. The number of terminal acetylenes is 2. The van der Waals surface area contributed by atoms with E-state index < -0.39 is 17.8 Å². The van der Waals surface area contributed by atoms with Crippen molar-refractivity contribution in [3.8, 4) is 24.7 Å². The van der Waals surface area contributed by atoms with Crippen molar-refractivity contribution < 1.29 is 19.2 Å². The molecule has 0 bridgehead atoms. The van der Waals surface area contributed by atoms with Gasteiger partial charge < -0.3 is 4.84 Å². The molecule has 1 aromatic rings. The molecule has 1 aliphatic rings. The van der Waals surface area contributed by atoms with E-state index in [1.807, 2.05) is 12.1 Å². The predicted octanol–water partition coefficient (Wildman–Crippen LogP) is 1.58. The van der Waals surface area contributed by atoms with Crippen molar-refractivity contribution >= 4 is 17.8 Å². The summed E-state index contributed by atoms with van der Waals surface area (Å²) in [6.45, 7) is 0. The van der Waals surface area contributed by atoms with Gasteiger partial charge in [-0.05, 0) is 36.6 Å². The van der Waals surface area contributed by atoms with E-state index in [0.29, 0.717) is 29.0 Å². The number of hydrogen-bond acceptors (Lipinski definition) is 4. The first-order valence-corrected chi connectivity index (χ1v) is 7.17. The average molecular weight is 309 g/mol. The number of hydroxylamine groups is 2. The first-order valence-electron chi connectivity index (χ1n) is 7.17. The van der Waals surface area contributed by atoms with Gasteiger partial charge in [-0.3, -0.25) is 9.59 Å². The van der Waals surface area contributed by atoms with Crippen molar-refractivity contribution in [2.75, 3.05) is 0 Å². The van der Waals surface area contributed by atoms with Gasteiger partial charge in [0.05, 0.1) is 0 Å². The van der Waals surface area contributed by atoms with E-state index in [0.717, 1.165) is 5.56 Å². The molecule has 5 nitrogen and oxygen atoms in total. The van der Waals surface area contributed by atoms with Gasteiger partial charge >= 0.3 is 5.97 Å². The molecule has 23 heavy (non-hydrogen) atoms. The maximum absolute atomic E-state index is 11.7. The molecule has 1 aliphatic heterocycles. The van der Waals surface area contributed by atoms with Crippen LogP contribution in [-0.2, 0) is 25.6 Å². The van der Waals surface area contributed by atoms with Crippen LogP contribution in [0.3, 0.4) is 0 Å². The van der Waals surface area contributed by atoms with E-state index in [1.54, 1.807) is 6.07 Å². The van der Waals surface area contributed by atoms with E-state index in [-0.39, 0.29) is 19.3 Å². The Morgan fingerprint density at radius 3 is 2.17 bits per heavy atom. The van der Waals surface area contributed by atoms with Gasteiger partial charge in [-0.1, -0.05) is 11.8 Å². The highest BCUT2D eigenvalue weighted by molar-refractivity contribution is 6.01.